The van der Waals surface area contributed by atoms with Crippen molar-refractivity contribution in [3.05, 3.63) is 41.5 Å². The number of nitrogens with one attached hydrogen (secondary N) is 2. The van der Waals surface area contributed by atoms with Crippen LogP contribution in [0, 0.1) is 5.82 Å². The van der Waals surface area contributed by atoms with E-state index in [-0.39, 0.29) is 23.8 Å². The number of hydrogen-bond donors (Lipinski definition) is 2. The summed E-state index contributed by atoms with van der Waals surface area (Å²) in [6.07, 6.45) is 4.46. The van der Waals surface area contributed by atoms with Crippen LogP contribution in [0.3, 0.4) is 0 Å². The summed E-state index contributed by atoms with van der Waals surface area (Å²) in [5, 5.41) is 14.5. The molecule has 4 rings (SSSR count). The molecule has 0 radical (unpaired) electrons. The van der Waals surface area contributed by atoms with E-state index in [2.05, 4.69) is 20.9 Å². The number of benzene rings is 1. The van der Waals surface area contributed by atoms with Crippen LogP contribution in [0.25, 0.3) is 0 Å². The molecule has 1 fully saturated rings. The average molecular weight is 361 g/mol. The van der Waals surface area contributed by atoms with E-state index in [9.17, 15) is 9.18 Å². The molecule has 1 atom stereocenters. The Bertz CT molecular complexity index is 774. The van der Waals surface area contributed by atoms with Gasteiger partial charge < -0.3 is 10.6 Å². The van der Waals surface area contributed by atoms with Crippen LogP contribution in [0.1, 0.15) is 47.4 Å². The van der Waals surface area contributed by atoms with E-state index in [1.165, 1.54) is 12.1 Å². The lowest BCUT2D eigenvalue weighted by atomic mass is 10.0. The first kappa shape index (κ1) is 16.5. The van der Waals surface area contributed by atoms with Crippen molar-refractivity contribution in [2.45, 2.75) is 36.2 Å². The molecule has 25 heavy (non-hydrogen) atoms. The van der Waals surface area contributed by atoms with Crippen molar-refractivity contribution < 1.29 is 9.18 Å². The lowest BCUT2D eigenvalue weighted by Crippen LogP contribution is -2.31. The fourth-order valence-corrected chi connectivity index (χ4v) is 4.48. The molecule has 2 aliphatic rings. The molecule has 1 unspecified atom stereocenters. The van der Waals surface area contributed by atoms with Gasteiger partial charge in [-0.05, 0) is 56.1 Å². The van der Waals surface area contributed by atoms with Crippen molar-refractivity contribution in [1.29, 1.82) is 0 Å². The summed E-state index contributed by atoms with van der Waals surface area (Å²) in [6, 6.07) is 4.85. The third-order valence-electron chi connectivity index (χ3n) is 4.74. The molecule has 1 amide bonds. The number of amides is 1. The molecule has 0 bridgehead atoms. The summed E-state index contributed by atoms with van der Waals surface area (Å²) in [7, 11) is 0. The van der Waals surface area contributed by atoms with E-state index in [0.717, 1.165) is 48.6 Å². The van der Waals surface area contributed by atoms with Gasteiger partial charge in [0.2, 0.25) is 0 Å². The molecule has 0 spiro atoms. The highest BCUT2D eigenvalue weighted by Crippen LogP contribution is 2.36. The summed E-state index contributed by atoms with van der Waals surface area (Å²) < 4.78 is 15.4. The predicted molar refractivity (Wildman–Crippen MR) is 93.1 cm³/mol. The van der Waals surface area contributed by atoms with Gasteiger partial charge in [-0.3, -0.25) is 4.79 Å². The standard InChI is InChI=1S/C17H20FN5OS/c18-11-1-2-16-13(9-11)14(5-8-25-16)20-17(24)15-10-23(22-21-15)12-3-6-19-7-4-12/h1-2,9-10,12,14,19H,3-8H2,(H,20,24). The molecular weight excluding hydrogens is 341 g/mol. The van der Waals surface area contributed by atoms with Crippen molar-refractivity contribution in [2.24, 2.45) is 0 Å². The third kappa shape index (κ3) is 3.55. The summed E-state index contributed by atoms with van der Waals surface area (Å²) >= 11 is 1.69. The zero-order valence-corrected chi connectivity index (χ0v) is 14.6. The summed E-state index contributed by atoms with van der Waals surface area (Å²) in [5.41, 5.74) is 1.16. The van der Waals surface area contributed by atoms with Gasteiger partial charge in [0.15, 0.2) is 5.69 Å². The topological polar surface area (TPSA) is 71.8 Å². The van der Waals surface area contributed by atoms with Gasteiger partial charge in [0.1, 0.15) is 5.82 Å². The number of carbonyl (C=O) groups is 1. The minimum Gasteiger partial charge on any atom is -0.344 e. The van der Waals surface area contributed by atoms with E-state index < -0.39 is 0 Å². The van der Waals surface area contributed by atoms with E-state index >= 15 is 0 Å². The monoisotopic (exact) mass is 361 g/mol. The van der Waals surface area contributed by atoms with E-state index in [1.807, 2.05) is 0 Å². The van der Waals surface area contributed by atoms with Crippen molar-refractivity contribution in [3.8, 4) is 0 Å². The Morgan fingerprint density at radius 3 is 3.00 bits per heavy atom. The molecule has 8 heteroatoms. The van der Waals surface area contributed by atoms with Crippen LogP contribution in [-0.2, 0) is 0 Å². The first-order valence-corrected chi connectivity index (χ1v) is 9.55. The Balaban J connectivity index is 1.48. The minimum atomic E-state index is -0.280. The van der Waals surface area contributed by atoms with Gasteiger partial charge in [0.25, 0.3) is 5.91 Å². The number of aromatic nitrogens is 3. The molecule has 6 nitrogen and oxygen atoms in total. The van der Waals surface area contributed by atoms with Crippen LogP contribution < -0.4 is 10.6 Å². The zero-order valence-electron chi connectivity index (χ0n) is 13.7. The highest BCUT2D eigenvalue weighted by Gasteiger charge is 2.25. The second-order valence-electron chi connectivity index (χ2n) is 6.41. The van der Waals surface area contributed by atoms with Crippen LogP contribution in [-0.4, -0.2) is 39.7 Å². The molecular formula is C17H20FN5OS. The summed E-state index contributed by atoms with van der Waals surface area (Å²) in [6.45, 7) is 1.91. The smallest absolute Gasteiger partial charge is 0.273 e. The van der Waals surface area contributed by atoms with Crippen molar-refractivity contribution in [3.63, 3.8) is 0 Å². The van der Waals surface area contributed by atoms with Crippen LogP contribution in [0.5, 0.6) is 0 Å². The van der Waals surface area contributed by atoms with Gasteiger partial charge in [0, 0.05) is 10.6 Å². The molecule has 132 valence electrons. The minimum absolute atomic E-state index is 0.191. The quantitative estimate of drug-likeness (QED) is 0.878. The largest absolute Gasteiger partial charge is 0.344 e. The molecule has 2 aromatic rings. The van der Waals surface area contributed by atoms with Crippen LogP contribution in [0.2, 0.25) is 0 Å². The Morgan fingerprint density at radius 1 is 1.32 bits per heavy atom. The molecule has 1 saturated heterocycles. The number of piperidine rings is 1. The average Bonchev–Trinajstić information content (AvgIpc) is 3.13. The van der Waals surface area contributed by atoms with Gasteiger partial charge in [-0.1, -0.05) is 5.21 Å². The highest BCUT2D eigenvalue weighted by molar-refractivity contribution is 7.99. The van der Waals surface area contributed by atoms with E-state index in [4.69, 9.17) is 0 Å². The number of thioether (sulfide) groups is 1. The second kappa shape index (κ2) is 7.13. The number of fused-ring (bicyclic) bond motifs is 1. The fourth-order valence-electron chi connectivity index (χ4n) is 3.38. The number of nitrogens with zero attached hydrogens (tertiary/aromatic N) is 3. The van der Waals surface area contributed by atoms with E-state index in [0.29, 0.717) is 5.69 Å². The number of hydrogen-bond acceptors (Lipinski definition) is 5. The van der Waals surface area contributed by atoms with Crippen LogP contribution in [0.4, 0.5) is 4.39 Å². The number of carbonyl (C=O) groups excluding carboxylic acids is 1. The number of rotatable bonds is 3. The molecule has 0 saturated carbocycles. The van der Waals surface area contributed by atoms with Gasteiger partial charge in [-0.25, -0.2) is 9.07 Å². The van der Waals surface area contributed by atoms with Crippen LogP contribution >= 0.6 is 11.8 Å². The van der Waals surface area contributed by atoms with E-state index in [1.54, 1.807) is 28.7 Å². The van der Waals surface area contributed by atoms with Crippen molar-refractivity contribution in [2.75, 3.05) is 18.8 Å². The first-order valence-electron chi connectivity index (χ1n) is 8.56. The Hall–Kier alpha value is -1.93. The predicted octanol–water partition coefficient (Wildman–Crippen LogP) is 2.31. The summed E-state index contributed by atoms with van der Waals surface area (Å²) in [5.74, 6) is 0.357. The Morgan fingerprint density at radius 2 is 2.16 bits per heavy atom. The lowest BCUT2D eigenvalue weighted by Gasteiger charge is -2.25. The third-order valence-corrected chi connectivity index (χ3v) is 5.87. The second-order valence-corrected chi connectivity index (χ2v) is 7.55. The van der Waals surface area contributed by atoms with Gasteiger partial charge in [0.05, 0.1) is 18.3 Å². The molecule has 2 aliphatic heterocycles. The maximum absolute atomic E-state index is 13.6. The zero-order chi connectivity index (χ0) is 17.2. The Kier molecular flexibility index (Phi) is 4.72. The van der Waals surface area contributed by atoms with Gasteiger partial charge in [-0.15, -0.1) is 16.9 Å². The first-order chi connectivity index (χ1) is 12.2. The fraction of sp³-hybridized carbons (Fsp3) is 0.471. The normalized spacial score (nSPS) is 20.9. The van der Waals surface area contributed by atoms with Crippen molar-refractivity contribution in [1.82, 2.24) is 25.6 Å². The SMILES string of the molecule is O=C(NC1CCSc2ccc(F)cc21)c1cn(C2CCNCC2)nn1. The number of halogens is 1. The molecule has 1 aromatic carbocycles. The maximum atomic E-state index is 13.6. The van der Waals surface area contributed by atoms with Gasteiger partial charge in [-0.2, -0.15) is 0 Å². The molecule has 0 aliphatic carbocycles. The Labute approximate surface area is 149 Å². The maximum Gasteiger partial charge on any atom is 0.273 e. The molecule has 3 heterocycles. The summed E-state index contributed by atoms with van der Waals surface area (Å²) in [4.78, 5) is 13.6. The lowest BCUT2D eigenvalue weighted by molar-refractivity contribution is 0.0929. The molecule has 1 aromatic heterocycles. The van der Waals surface area contributed by atoms with Crippen LogP contribution in [0.15, 0.2) is 29.3 Å². The molecule has 2 N–H and O–H groups in total. The van der Waals surface area contributed by atoms with Gasteiger partial charge >= 0.3 is 0 Å². The van der Waals surface area contributed by atoms with Crippen molar-refractivity contribution >= 4 is 17.7 Å². The highest BCUT2D eigenvalue weighted by atomic mass is 32.2.